The molecule has 0 saturated carbocycles. The Morgan fingerprint density at radius 1 is 1.29 bits per heavy atom. The number of halogens is 2. The Bertz CT molecular complexity index is 830. The lowest BCUT2D eigenvalue weighted by molar-refractivity contribution is 0.679. The van der Waals surface area contributed by atoms with Crippen LogP contribution in [-0.4, -0.2) is 18.6 Å². The number of aromatic nitrogens is 3. The van der Waals surface area contributed by atoms with Crippen molar-refractivity contribution < 1.29 is 4.21 Å². The summed E-state index contributed by atoms with van der Waals surface area (Å²) in [6.07, 6.45) is 5.19. The molecular weight excluding hydrogens is 329 g/mol. The van der Waals surface area contributed by atoms with Gasteiger partial charge in [0.25, 0.3) is 0 Å². The van der Waals surface area contributed by atoms with E-state index < -0.39 is 10.8 Å². The van der Waals surface area contributed by atoms with E-state index in [1.165, 1.54) is 0 Å². The highest BCUT2D eigenvalue weighted by molar-refractivity contribution is 7.84. The second-order valence-corrected chi connectivity index (χ2v) is 6.87. The Morgan fingerprint density at radius 3 is 2.81 bits per heavy atom. The van der Waals surface area contributed by atoms with Crippen molar-refractivity contribution in [1.29, 1.82) is 0 Å². The number of fused-ring (bicyclic) bond motifs is 1. The maximum absolute atomic E-state index is 12.3. The highest BCUT2D eigenvalue weighted by atomic mass is 35.5. The van der Waals surface area contributed by atoms with E-state index in [0.29, 0.717) is 26.4 Å². The van der Waals surface area contributed by atoms with Gasteiger partial charge in [-0.1, -0.05) is 29.3 Å². The van der Waals surface area contributed by atoms with Crippen LogP contribution in [0.4, 0.5) is 0 Å². The molecule has 0 aliphatic heterocycles. The van der Waals surface area contributed by atoms with E-state index in [1.54, 1.807) is 35.1 Å². The van der Waals surface area contributed by atoms with Crippen LogP contribution >= 0.6 is 23.2 Å². The van der Waals surface area contributed by atoms with Crippen LogP contribution in [0, 0.1) is 6.92 Å². The van der Waals surface area contributed by atoms with Gasteiger partial charge in [-0.05, 0) is 24.6 Å². The lowest BCUT2D eigenvalue weighted by Crippen LogP contribution is -1.99. The van der Waals surface area contributed by atoms with Crippen molar-refractivity contribution in [1.82, 2.24) is 14.4 Å². The van der Waals surface area contributed by atoms with Crippen LogP contribution in [0.25, 0.3) is 5.65 Å². The van der Waals surface area contributed by atoms with Gasteiger partial charge in [0, 0.05) is 18.6 Å². The SMILES string of the molecule is Cc1ccc([S@@](=O)Cc2cn3cc(Cl)cc(Cl)c3n2)nc1. The van der Waals surface area contributed by atoms with E-state index in [9.17, 15) is 4.21 Å². The molecule has 3 rings (SSSR count). The molecule has 0 unspecified atom stereocenters. The maximum Gasteiger partial charge on any atom is 0.155 e. The maximum atomic E-state index is 12.3. The van der Waals surface area contributed by atoms with E-state index in [2.05, 4.69) is 9.97 Å². The average Bonchev–Trinajstić information content (AvgIpc) is 2.82. The van der Waals surface area contributed by atoms with Crippen LogP contribution in [-0.2, 0) is 16.6 Å². The summed E-state index contributed by atoms with van der Waals surface area (Å²) in [6, 6.07) is 5.29. The number of nitrogens with zero attached hydrogens (tertiary/aromatic N) is 3. The molecule has 0 aliphatic rings. The van der Waals surface area contributed by atoms with Crippen molar-refractivity contribution >= 4 is 39.6 Å². The van der Waals surface area contributed by atoms with Gasteiger partial charge in [0.1, 0.15) is 5.03 Å². The molecule has 3 heterocycles. The molecule has 0 N–H and O–H groups in total. The number of hydrogen-bond acceptors (Lipinski definition) is 3. The quantitative estimate of drug-likeness (QED) is 0.731. The molecule has 7 heteroatoms. The molecule has 0 radical (unpaired) electrons. The summed E-state index contributed by atoms with van der Waals surface area (Å²) < 4.78 is 14.0. The van der Waals surface area contributed by atoms with E-state index in [-0.39, 0.29) is 5.75 Å². The molecule has 0 amide bonds. The average molecular weight is 340 g/mol. The molecule has 0 bridgehead atoms. The van der Waals surface area contributed by atoms with Crippen molar-refractivity contribution in [2.24, 2.45) is 0 Å². The summed E-state index contributed by atoms with van der Waals surface area (Å²) in [5.41, 5.74) is 2.31. The second kappa shape index (κ2) is 5.75. The summed E-state index contributed by atoms with van der Waals surface area (Å²) in [6.45, 7) is 1.94. The Labute approximate surface area is 134 Å². The van der Waals surface area contributed by atoms with E-state index in [1.807, 2.05) is 13.0 Å². The third-order valence-corrected chi connectivity index (χ3v) is 4.67. The Hall–Kier alpha value is -1.43. The Balaban J connectivity index is 1.89. The standard InChI is InChI=1S/C14H11Cl2N3OS/c1-9-2-3-13(17-5-9)21(20)8-11-7-19-6-10(15)4-12(16)14(19)18-11/h2-7H,8H2,1H3/t21-/m0/s1. The largest absolute Gasteiger partial charge is 0.304 e. The van der Waals surface area contributed by atoms with Crippen molar-refractivity contribution in [3.63, 3.8) is 0 Å². The predicted octanol–water partition coefficient (Wildman–Crippen LogP) is 3.65. The van der Waals surface area contributed by atoms with Gasteiger partial charge in [-0.15, -0.1) is 0 Å². The smallest absolute Gasteiger partial charge is 0.155 e. The fourth-order valence-electron chi connectivity index (χ4n) is 1.94. The van der Waals surface area contributed by atoms with Gasteiger partial charge in [0.15, 0.2) is 5.65 Å². The predicted molar refractivity (Wildman–Crippen MR) is 84.3 cm³/mol. The van der Waals surface area contributed by atoms with Gasteiger partial charge >= 0.3 is 0 Å². The highest BCUT2D eigenvalue weighted by Gasteiger charge is 2.11. The van der Waals surface area contributed by atoms with Crippen molar-refractivity contribution in [3.05, 3.63) is 58.1 Å². The molecular formula is C14H11Cl2N3OS. The van der Waals surface area contributed by atoms with Crippen LogP contribution in [0.15, 0.2) is 41.8 Å². The molecule has 0 aromatic carbocycles. The van der Waals surface area contributed by atoms with Crippen LogP contribution in [0.5, 0.6) is 0 Å². The van der Waals surface area contributed by atoms with Gasteiger partial charge in [-0.25, -0.2) is 9.97 Å². The summed E-state index contributed by atoms with van der Waals surface area (Å²) in [4.78, 5) is 8.57. The first-order valence-electron chi connectivity index (χ1n) is 6.16. The minimum absolute atomic E-state index is 0.283. The molecule has 21 heavy (non-hydrogen) atoms. The van der Waals surface area contributed by atoms with Gasteiger partial charge in [0.05, 0.1) is 32.3 Å². The topological polar surface area (TPSA) is 47.3 Å². The van der Waals surface area contributed by atoms with Crippen LogP contribution < -0.4 is 0 Å². The van der Waals surface area contributed by atoms with E-state index in [0.717, 1.165) is 5.56 Å². The molecule has 3 aromatic rings. The Morgan fingerprint density at radius 2 is 2.10 bits per heavy atom. The monoisotopic (exact) mass is 339 g/mol. The first-order chi connectivity index (χ1) is 10.0. The van der Waals surface area contributed by atoms with Crippen molar-refractivity contribution in [2.45, 2.75) is 17.7 Å². The third kappa shape index (κ3) is 3.10. The lowest BCUT2D eigenvalue weighted by atomic mass is 10.3. The van der Waals surface area contributed by atoms with Crippen molar-refractivity contribution in [2.75, 3.05) is 0 Å². The highest BCUT2D eigenvalue weighted by Crippen LogP contribution is 2.22. The molecule has 0 spiro atoms. The van der Waals surface area contributed by atoms with Gasteiger partial charge in [0.2, 0.25) is 0 Å². The summed E-state index contributed by atoms with van der Waals surface area (Å²) in [5.74, 6) is 0.283. The zero-order valence-corrected chi connectivity index (χ0v) is 13.4. The molecule has 1 atom stereocenters. The fourth-order valence-corrected chi connectivity index (χ4v) is 3.42. The first-order valence-corrected chi connectivity index (χ1v) is 8.24. The second-order valence-electron chi connectivity index (χ2n) is 4.63. The van der Waals surface area contributed by atoms with Crippen molar-refractivity contribution in [3.8, 4) is 0 Å². The molecule has 0 saturated heterocycles. The van der Waals surface area contributed by atoms with Gasteiger partial charge in [-0.2, -0.15) is 0 Å². The van der Waals surface area contributed by atoms with Crippen LogP contribution in [0.3, 0.4) is 0 Å². The zero-order valence-electron chi connectivity index (χ0n) is 11.1. The van der Waals surface area contributed by atoms with E-state index >= 15 is 0 Å². The third-order valence-electron chi connectivity index (χ3n) is 2.92. The minimum Gasteiger partial charge on any atom is -0.304 e. The lowest BCUT2D eigenvalue weighted by Gasteiger charge is -1.99. The fraction of sp³-hybridized carbons (Fsp3) is 0.143. The van der Waals surface area contributed by atoms with Crippen LogP contribution in [0.1, 0.15) is 11.3 Å². The number of hydrogen-bond donors (Lipinski definition) is 0. The van der Waals surface area contributed by atoms with Crippen LogP contribution in [0.2, 0.25) is 10.0 Å². The molecule has 108 valence electrons. The summed E-state index contributed by atoms with van der Waals surface area (Å²) in [5, 5.41) is 1.53. The molecule has 0 fully saturated rings. The molecule has 0 aliphatic carbocycles. The minimum atomic E-state index is -1.24. The first kappa shape index (κ1) is 14.5. The normalized spacial score (nSPS) is 12.7. The summed E-state index contributed by atoms with van der Waals surface area (Å²) >= 11 is 12.0. The molecule has 3 aromatic heterocycles. The van der Waals surface area contributed by atoms with Gasteiger partial charge in [-0.3, -0.25) is 4.21 Å². The number of pyridine rings is 2. The zero-order chi connectivity index (χ0) is 15.0. The number of aryl methyl sites for hydroxylation is 1. The summed E-state index contributed by atoms with van der Waals surface area (Å²) in [7, 11) is -1.24. The number of imidazole rings is 1. The van der Waals surface area contributed by atoms with Gasteiger partial charge < -0.3 is 4.40 Å². The number of rotatable bonds is 3. The Kier molecular flexibility index (Phi) is 3.97. The molecule has 4 nitrogen and oxygen atoms in total. The van der Waals surface area contributed by atoms with E-state index in [4.69, 9.17) is 23.2 Å².